The summed E-state index contributed by atoms with van der Waals surface area (Å²) in [7, 11) is 0. The topological polar surface area (TPSA) is 75.4 Å². The van der Waals surface area contributed by atoms with E-state index in [2.05, 4.69) is 51.6 Å². The SMILES string of the molecule is Cc1ccc(CN2CCC(Nc3cc(-c4ccccc4)nc4ncnn34)C2=O)cc1. The maximum absolute atomic E-state index is 13.0. The maximum Gasteiger partial charge on any atom is 0.254 e. The van der Waals surface area contributed by atoms with Gasteiger partial charge in [0, 0.05) is 24.7 Å². The Hall–Kier alpha value is -3.74. The van der Waals surface area contributed by atoms with Crippen molar-refractivity contribution in [1.82, 2.24) is 24.5 Å². The summed E-state index contributed by atoms with van der Waals surface area (Å²) >= 11 is 0. The van der Waals surface area contributed by atoms with Crippen LogP contribution in [0.15, 0.2) is 67.0 Å². The Morgan fingerprint density at radius 1 is 1.10 bits per heavy atom. The van der Waals surface area contributed by atoms with Gasteiger partial charge in [-0.05, 0) is 18.9 Å². The second-order valence-corrected chi connectivity index (χ2v) is 7.60. The molecular weight excluding hydrogens is 376 g/mol. The molecule has 2 aromatic heterocycles. The summed E-state index contributed by atoms with van der Waals surface area (Å²) in [5.74, 6) is 1.31. The van der Waals surface area contributed by atoms with Crippen molar-refractivity contribution in [2.24, 2.45) is 0 Å². The first kappa shape index (κ1) is 18.3. The van der Waals surface area contributed by atoms with Crippen LogP contribution in [-0.4, -0.2) is 43.0 Å². The molecule has 1 aliphatic heterocycles. The molecule has 1 fully saturated rings. The molecule has 0 radical (unpaired) electrons. The number of carbonyl (C=O) groups is 1. The Morgan fingerprint density at radius 3 is 2.70 bits per heavy atom. The van der Waals surface area contributed by atoms with Crippen molar-refractivity contribution < 1.29 is 4.79 Å². The number of fused-ring (bicyclic) bond motifs is 1. The molecule has 1 saturated heterocycles. The van der Waals surface area contributed by atoms with Crippen LogP contribution in [0.3, 0.4) is 0 Å². The number of hydrogen-bond acceptors (Lipinski definition) is 5. The zero-order valence-electron chi connectivity index (χ0n) is 16.7. The van der Waals surface area contributed by atoms with Crippen LogP contribution < -0.4 is 5.32 Å². The van der Waals surface area contributed by atoms with Crippen LogP contribution in [0, 0.1) is 6.92 Å². The highest BCUT2D eigenvalue weighted by Crippen LogP contribution is 2.24. The summed E-state index contributed by atoms with van der Waals surface area (Å²) in [5.41, 5.74) is 4.14. The van der Waals surface area contributed by atoms with Crippen LogP contribution in [0.25, 0.3) is 17.0 Å². The lowest BCUT2D eigenvalue weighted by atomic mass is 10.1. The molecule has 7 heteroatoms. The highest BCUT2D eigenvalue weighted by atomic mass is 16.2. The number of aromatic nitrogens is 4. The average Bonchev–Trinajstić information content (AvgIpc) is 3.38. The number of amides is 1. The summed E-state index contributed by atoms with van der Waals surface area (Å²) in [6, 6.07) is 19.9. The predicted molar refractivity (Wildman–Crippen MR) is 115 cm³/mol. The molecule has 2 aromatic carbocycles. The Morgan fingerprint density at radius 2 is 1.90 bits per heavy atom. The average molecular weight is 398 g/mol. The van der Waals surface area contributed by atoms with E-state index in [4.69, 9.17) is 0 Å². The lowest BCUT2D eigenvalue weighted by Crippen LogP contribution is -2.33. The maximum atomic E-state index is 13.0. The zero-order valence-corrected chi connectivity index (χ0v) is 16.7. The van der Waals surface area contributed by atoms with E-state index < -0.39 is 0 Å². The number of likely N-dealkylation sites (tertiary alicyclic amines) is 1. The third-order valence-electron chi connectivity index (χ3n) is 5.43. The lowest BCUT2D eigenvalue weighted by molar-refractivity contribution is -0.128. The highest BCUT2D eigenvalue weighted by Gasteiger charge is 2.32. The molecule has 150 valence electrons. The third-order valence-corrected chi connectivity index (χ3v) is 5.43. The quantitative estimate of drug-likeness (QED) is 0.558. The second kappa shape index (κ2) is 7.59. The number of hydrogen-bond donors (Lipinski definition) is 1. The van der Waals surface area contributed by atoms with E-state index in [-0.39, 0.29) is 11.9 Å². The van der Waals surface area contributed by atoms with Gasteiger partial charge < -0.3 is 10.2 Å². The van der Waals surface area contributed by atoms with Crippen molar-refractivity contribution in [3.05, 3.63) is 78.1 Å². The van der Waals surface area contributed by atoms with E-state index in [0.717, 1.165) is 29.8 Å². The van der Waals surface area contributed by atoms with Crippen LogP contribution in [0.1, 0.15) is 17.5 Å². The first-order valence-electron chi connectivity index (χ1n) is 10.0. The minimum absolute atomic E-state index is 0.0990. The van der Waals surface area contributed by atoms with Gasteiger partial charge in [-0.25, -0.2) is 4.98 Å². The number of nitrogens with one attached hydrogen (secondary N) is 1. The van der Waals surface area contributed by atoms with E-state index >= 15 is 0 Å². The molecule has 3 heterocycles. The van der Waals surface area contributed by atoms with E-state index in [1.807, 2.05) is 41.3 Å². The number of aryl methyl sites for hydroxylation is 1. The van der Waals surface area contributed by atoms with Gasteiger partial charge in [0.05, 0.1) is 5.69 Å². The van der Waals surface area contributed by atoms with Crippen molar-refractivity contribution in [1.29, 1.82) is 0 Å². The van der Waals surface area contributed by atoms with Crippen molar-refractivity contribution in [3.63, 3.8) is 0 Å². The molecule has 1 aliphatic rings. The fraction of sp³-hybridized carbons (Fsp3) is 0.217. The van der Waals surface area contributed by atoms with Crippen molar-refractivity contribution in [2.45, 2.75) is 25.9 Å². The highest BCUT2D eigenvalue weighted by molar-refractivity contribution is 5.86. The van der Waals surface area contributed by atoms with Gasteiger partial charge in [-0.3, -0.25) is 4.79 Å². The Labute approximate surface area is 174 Å². The van der Waals surface area contributed by atoms with Gasteiger partial charge in [-0.2, -0.15) is 14.6 Å². The van der Waals surface area contributed by atoms with E-state index in [9.17, 15) is 4.79 Å². The molecule has 0 saturated carbocycles. The number of nitrogens with zero attached hydrogens (tertiary/aromatic N) is 5. The third kappa shape index (κ3) is 3.50. The minimum Gasteiger partial charge on any atom is -0.358 e. The molecule has 1 N–H and O–H groups in total. The number of anilines is 1. The molecule has 5 rings (SSSR count). The predicted octanol–water partition coefficient (Wildman–Crippen LogP) is 3.31. The molecule has 1 unspecified atom stereocenters. The van der Waals surface area contributed by atoms with Gasteiger partial charge in [0.1, 0.15) is 18.2 Å². The largest absolute Gasteiger partial charge is 0.358 e. The summed E-state index contributed by atoms with van der Waals surface area (Å²) < 4.78 is 1.64. The monoisotopic (exact) mass is 398 g/mol. The minimum atomic E-state index is -0.297. The van der Waals surface area contributed by atoms with Crippen molar-refractivity contribution in [2.75, 3.05) is 11.9 Å². The van der Waals surface area contributed by atoms with Crippen LogP contribution in [0.5, 0.6) is 0 Å². The first-order chi connectivity index (χ1) is 14.7. The molecule has 1 amide bonds. The molecular formula is C23H22N6O. The fourth-order valence-corrected chi connectivity index (χ4v) is 3.79. The van der Waals surface area contributed by atoms with Crippen molar-refractivity contribution in [3.8, 4) is 11.3 Å². The van der Waals surface area contributed by atoms with Gasteiger partial charge >= 0.3 is 0 Å². The molecule has 0 aliphatic carbocycles. The molecule has 4 aromatic rings. The van der Waals surface area contributed by atoms with Crippen LogP contribution in [0.2, 0.25) is 0 Å². The summed E-state index contributed by atoms with van der Waals surface area (Å²) in [6.45, 7) is 3.41. The van der Waals surface area contributed by atoms with E-state index in [1.165, 1.54) is 11.9 Å². The number of benzene rings is 2. The van der Waals surface area contributed by atoms with E-state index in [1.54, 1.807) is 4.52 Å². The van der Waals surface area contributed by atoms with Gasteiger partial charge in [-0.1, -0.05) is 60.2 Å². The van der Waals surface area contributed by atoms with Crippen LogP contribution >= 0.6 is 0 Å². The molecule has 1 atom stereocenters. The van der Waals surface area contributed by atoms with Crippen LogP contribution in [0.4, 0.5) is 5.82 Å². The standard InChI is InChI=1S/C23H22N6O/c1-16-7-9-17(10-8-16)14-28-12-11-19(22(28)30)26-21-13-20(18-5-3-2-4-6-18)27-23-24-15-25-29(21)23/h2-10,13,15,19,26H,11-12,14H2,1H3. The number of carbonyl (C=O) groups excluding carboxylic acids is 1. The second-order valence-electron chi connectivity index (χ2n) is 7.60. The van der Waals surface area contributed by atoms with Gasteiger partial charge in [0.15, 0.2) is 0 Å². The Bertz CT molecular complexity index is 1190. The van der Waals surface area contributed by atoms with E-state index in [0.29, 0.717) is 18.1 Å². The summed E-state index contributed by atoms with van der Waals surface area (Å²) in [6.07, 6.45) is 2.21. The molecule has 7 nitrogen and oxygen atoms in total. The lowest BCUT2D eigenvalue weighted by Gasteiger charge is -2.18. The molecule has 30 heavy (non-hydrogen) atoms. The van der Waals surface area contributed by atoms with Crippen LogP contribution in [-0.2, 0) is 11.3 Å². The summed E-state index contributed by atoms with van der Waals surface area (Å²) in [4.78, 5) is 23.7. The van der Waals surface area contributed by atoms with Crippen molar-refractivity contribution >= 4 is 17.5 Å². The van der Waals surface area contributed by atoms with Gasteiger partial charge in [-0.15, -0.1) is 0 Å². The Balaban J connectivity index is 1.38. The Kier molecular flexibility index (Phi) is 4.63. The molecule has 0 bridgehead atoms. The van der Waals surface area contributed by atoms with Gasteiger partial charge in [0.25, 0.3) is 5.78 Å². The number of rotatable bonds is 5. The smallest absolute Gasteiger partial charge is 0.254 e. The zero-order chi connectivity index (χ0) is 20.5. The first-order valence-corrected chi connectivity index (χ1v) is 10.0. The summed E-state index contributed by atoms with van der Waals surface area (Å²) in [5, 5.41) is 7.66. The fourth-order valence-electron chi connectivity index (χ4n) is 3.79. The normalized spacial score (nSPS) is 16.4. The van der Waals surface area contributed by atoms with Gasteiger partial charge in [0.2, 0.25) is 5.91 Å². The molecule has 0 spiro atoms.